The van der Waals surface area contributed by atoms with E-state index in [1.165, 1.54) is 6.08 Å². The maximum absolute atomic E-state index is 12.6. The fourth-order valence-electron chi connectivity index (χ4n) is 4.36. The zero-order valence-electron chi connectivity index (χ0n) is 24.2. The van der Waals surface area contributed by atoms with Gasteiger partial charge in [-0.2, -0.15) is 5.26 Å². The first-order valence-electron chi connectivity index (χ1n) is 13.7. The number of carbonyl (C=O) groups is 2. The van der Waals surface area contributed by atoms with Gasteiger partial charge in [-0.25, -0.2) is 9.97 Å². The fourth-order valence-corrected chi connectivity index (χ4v) is 4.36. The van der Waals surface area contributed by atoms with Gasteiger partial charge in [-0.1, -0.05) is 38.5 Å². The van der Waals surface area contributed by atoms with Crippen molar-refractivity contribution in [3.8, 4) is 28.3 Å². The Morgan fingerprint density at radius 3 is 2.71 bits per heavy atom. The molecule has 0 radical (unpaired) electrons. The zero-order valence-corrected chi connectivity index (χ0v) is 24.2. The Balaban J connectivity index is 1.68. The average Bonchev–Trinajstić information content (AvgIpc) is 3.36. The summed E-state index contributed by atoms with van der Waals surface area (Å²) in [5, 5.41) is 13.1. The number of carbonyl (C=O) groups excluding carboxylic acids is 2. The van der Waals surface area contributed by atoms with Crippen LogP contribution in [0.4, 0.5) is 5.69 Å². The van der Waals surface area contributed by atoms with Gasteiger partial charge in [-0.3, -0.25) is 14.2 Å². The van der Waals surface area contributed by atoms with E-state index < -0.39 is 12.0 Å². The smallest absolute Gasteiger partial charge is 0.324 e. The number of likely N-dealkylation sites (N-methyl/N-ethyl adjacent to an activating group) is 1. The number of fused-ring (bicyclic) bond motifs is 1. The molecule has 0 bridgehead atoms. The van der Waals surface area contributed by atoms with Gasteiger partial charge in [-0.15, -0.1) is 0 Å². The van der Waals surface area contributed by atoms with E-state index >= 15 is 0 Å². The van der Waals surface area contributed by atoms with Gasteiger partial charge in [0.2, 0.25) is 5.91 Å². The lowest BCUT2D eigenvalue weighted by atomic mass is 10.0. The third kappa shape index (κ3) is 7.26. The number of anilines is 1. The van der Waals surface area contributed by atoms with Crippen LogP contribution in [-0.2, 0) is 21.1 Å². The van der Waals surface area contributed by atoms with Gasteiger partial charge in [-0.05, 0) is 61.5 Å². The summed E-state index contributed by atoms with van der Waals surface area (Å²) in [5.74, 6) is -0.697. The van der Waals surface area contributed by atoms with Crippen LogP contribution in [0.15, 0.2) is 73.2 Å². The second-order valence-electron chi connectivity index (χ2n) is 10.4. The maximum Gasteiger partial charge on any atom is 0.324 e. The molecule has 10 nitrogen and oxygen atoms in total. The Labute approximate surface area is 245 Å². The predicted octanol–water partition coefficient (Wildman–Crippen LogP) is 4.57. The van der Waals surface area contributed by atoms with Crippen LogP contribution in [0.2, 0.25) is 0 Å². The number of nitrogens with one attached hydrogen (secondary N) is 1. The fraction of sp³-hybridized carbons (Fsp3) is 0.281. The molecule has 0 saturated carbocycles. The van der Waals surface area contributed by atoms with Crippen LogP contribution >= 0.6 is 0 Å². The third-order valence-electron chi connectivity index (χ3n) is 6.98. The number of nitrogens with zero attached hydrogens (tertiary/aromatic N) is 5. The van der Waals surface area contributed by atoms with E-state index in [2.05, 4.69) is 16.4 Å². The predicted molar refractivity (Wildman–Crippen MR) is 163 cm³/mol. The van der Waals surface area contributed by atoms with Crippen molar-refractivity contribution in [2.24, 2.45) is 11.7 Å². The minimum Gasteiger partial charge on any atom is -0.443 e. The quantitative estimate of drug-likeness (QED) is 0.199. The molecule has 4 rings (SSSR count). The summed E-state index contributed by atoms with van der Waals surface area (Å²) in [6.45, 7) is 4.49. The SMILES string of the molecule is CC[C@H](C)[C@H](N)C(=O)OCn1cc(-c2ccnc(C#N)c2)c2cc(-c3cccc(NC(=O)/C=C/CN(C)C)c3)cnc21. The zero-order chi connectivity index (χ0) is 30.2. The van der Waals surface area contributed by atoms with Gasteiger partial charge in [0.05, 0.1) is 0 Å². The summed E-state index contributed by atoms with van der Waals surface area (Å²) in [4.78, 5) is 35.7. The highest BCUT2D eigenvalue weighted by Crippen LogP contribution is 2.33. The van der Waals surface area contributed by atoms with Crippen LogP contribution in [0.3, 0.4) is 0 Å². The van der Waals surface area contributed by atoms with Crippen molar-refractivity contribution in [1.82, 2.24) is 19.4 Å². The molecule has 0 aliphatic rings. The molecule has 3 heterocycles. The lowest BCUT2D eigenvalue weighted by molar-refractivity contribution is -0.150. The van der Waals surface area contributed by atoms with Gasteiger partial charge in [0.1, 0.15) is 23.5 Å². The average molecular weight is 566 g/mol. The number of hydrogen-bond donors (Lipinski definition) is 2. The van der Waals surface area contributed by atoms with E-state index in [0.717, 1.165) is 34.1 Å². The van der Waals surface area contributed by atoms with Crippen molar-refractivity contribution in [3.05, 3.63) is 78.9 Å². The standard InChI is InChI=1S/C32H35N7O3/c1-5-21(2)30(34)32(41)42-20-39-19-28(23-11-12-35-26(15-23)17-33)27-16-24(18-36-31(27)39)22-8-6-9-25(14-22)37-29(40)10-7-13-38(3)4/h6-12,14-16,18-19,21,30H,5,13,20,34H2,1-4H3,(H,37,40)/b10-7+/t21-,30-/m0/s1. The first kappa shape index (κ1) is 30.1. The highest BCUT2D eigenvalue weighted by molar-refractivity contribution is 6.00. The molecule has 42 heavy (non-hydrogen) atoms. The van der Waals surface area contributed by atoms with E-state index in [-0.39, 0.29) is 24.2 Å². The Morgan fingerprint density at radius 1 is 1.17 bits per heavy atom. The first-order chi connectivity index (χ1) is 20.2. The number of ether oxygens (including phenoxy) is 1. The Morgan fingerprint density at radius 2 is 1.98 bits per heavy atom. The number of nitrogens with two attached hydrogens (primary N) is 1. The van der Waals surface area contributed by atoms with E-state index in [9.17, 15) is 14.9 Å². The normalized spacial score (nSPS) is 12.8. The summed E-state index contributed by atoms with van der Waals surface area (Å²) in [6, 6.07) is 14.4. The first-order valence-corrected chi connectivity index (χ1v) is 13.7. The van der Waals surface area contributed by atoms with Crippen molar-refractivity contribution < 1.29 is 14.3 Å². The van der Waals surface area contributed by atoms with Crippen LogP contribution in [-0.4, -0.2) is 58.0 Å². The van der Waals surface area contributed by atoms with Crippen molar-refractivity contribution >= 4 is 28.6 Å². The molecule has 1 aromatic carbocycles. The maximum atomic E-state index is 12.6. The number of hydrogen-bond acceptors (Lipinski definition) is 8. The van der Waals surface area contributed by atoms with E-state index in [1.54, 1.807) is 29.1 Å². The molecule has 0 saturated heterocycles. The second kappa shape index (κ2) is 13.7. The molecular formula is C32H35N7O3. The molecule has 216 valence electrons. The van der Waals surface area contributed by atoms with Gasteiger partial charge in [0.25, 0.3) is 0 Å². The van der Waals surface area contributed by atoms with Gasteiger partial charge in [0.15, 0.2) is 6.73 Å². The van der Waals surface area contributed by atoms with E-state index in [1.807, 2.05) is 75.4 Å². The monoisotopic (exact) mass is 565 g/mol. The van der Waals surface area contributed by atoms with Gasteiger partial charge in [0, 0.05) is 53.4 Å². The summed E-state index contributed by atoms with van der Waals surface area (Å²) in [7, 11) is 3.87. The topological polar surface area (TPSA) is 139 Å². The molecular weight excluding hydrogens is 530 g/mol. The van der Waals surface area contributed by atoms with Crippen LogP contribution < -0.4 is 11.1 Å². The number of pyridine rings is 2. The largest absolute Gasteiger partial charge is 0.443 e. The Hall–Kier alpha value is -4.85. The Bertz CT molecular complexity index is 1650. The lowest BCUT2D eigenvalue weighted by Crippen LogP contribution is -2.38. The minimum absolute atomic E-state index is 0.00835. The van der Waals surface area contributed by atoms with Crippen molar-refractivity contribution in [1.29, 1.82) is 5.26 Å². The van der Waals surface area contributed by atoms with E-state index in [4.69, 9.17) is 15.5 Å². The third-order valence-corrected chi connectivity index (χ3v) is 6.98. The van der Waals surface area contributed by atoms with Gasteiger partial charge < -0.3 is 20.7 Å². The number of aromatic nitrogens is 3. The number of nitriles is 1. The summed E-state index contributed by atoms with van der Waals surface area (Å²) >= 11 is 0. The molecule has 10 heteroatoms. The molecule has 0 unspecified atom stereocenters. The molecule has 2 atom stereocenters. The molecule has 0 fully saturated rings. The minimum atomic E-state index is -0.717. The van der Waals surface area contributed by atoms with Crippen molar-refractivity contribution in [2.45, 2.75) is 33.0 Å². The summed E-state index contributed by atoms with van der Waals surface area (Å²) in [5.41, 5.74) is 10.9. The number of rotatable bonds is 11. The van der Waals surface area contributed by atoms with Gasteiger partial charge >= 0.3 is 5.97 Å². The molecule has 1 amide bonds. The van der Waals surface area contributed by atoms with Crippen molar-refractivity contribution in [2.75, 3.05) is 26.0 Å². The number of esters is 1. The highest BCUT2D eigenvalue weighted by atomic mass is 16.5. The van der Waals surface area contributed by atoms with Crippen LogP contribution in [0.5, 0.6) is 0 Å². The molecule has 0 aliphatic carbocycles. The molecule has 3 aromatic heterocycles. The number of amides is 1. The molecule has 3 N–H and O–H groups in total. The molecule has 0 aliphatic heterocycles. The lowest BCUT2D eigenvalue weighted by Gasteiger charge is -2.17. The molecule has 4 aromatic rings. The van der Waals surface area contributed by atoms with Crippen molar-refractivity contribution in [3.63, 3.8) is 0 Å². The summed E-state index contributed by atoms with van der Waals surface area (Å²) in [6.07, 6.45) is 9.24. The summed E-state index contributed by atoms with van der Waals surface area (Å²) < 4.78 is 7.32. The highest BCUT2D eigenvalue weighted by Gasteiger charge is 2.22. The second-order valence-corrected chi connectivity index (χ2v) is 10.4. The van der Waals surface area contributed by atoms with Crippen LogP contribution in [0, 0.1) is 17.2 Å². The molecule has 0 spiro atoms. The van der Waals surface area contributed by atoms with E-state index in [0.29, 0.717) is 17.9 Å². The number of benzene rings is 1. The Kier molecular flexibility index (Phi) is 9.81. The van der Waals surface area contributed by atoms with Crippen LogP contribution in [0.1, 0.15) is 26.0 Å². The van der Waals surface area contributed by atoms with Crippen LogP contribution in [0.25, 0.3) is 33.3 Å².